The molecule has 0 saturated carbocycles. The molecule has 344 valence electrons. The number of hydrogen-bond donors (Lipinski definition) is 1. The highest BCUT2D eigenvalue weighted by Crippen LogP contribution is 2.18. The summed E-state index contributed by atoms with van der Waals surface area (Å²) >= 11 is 0. The smallest absolute Gasteiger partial charge is 0.305 e. The molecule has 0 aliphatic carbocycles. The minimum atomic E-state index is -0.651. The van der Waals surface area contributed by atoms with Crippen LogP contribution in [0.15, 0.2) is 12.2 Å². The molecule has 1 N–H and O–H groups in total. The van der Waals surface area contributed by atoms with Crippen molar-refractivity contribution in [3.05, 3.63) is 12.2 Å². The fourth-order valence-corrected chi connectivity index (χ4v) is 8.46. The maximum atomic E-state index is 12.0. The van der Waals surface area contributed by atoms with Crippen LogP contribution in [0.25, 0.3) is 0 Å². The van der Waals surface area contributed by atoms with Crippen molar-refractivity contribution >= 4 is 11.9 Å². The van der Waals surface area contributed by atoms with E-state index in [-0.39, 0.29) is 5.97 Å². The van der Waals surface area contributed by atoms with Gasteiger partial charge in [-0.2, -0.15) is 0 Å². The molecule has 0 rings (SSSR count). The molecule has 0 aromatic carbocycles. The molecule has 0 atom stereocenters. The molecule has 0 aliphatic rings. The van der Waals surface area contributed by atoms with Crippen molar-refractivity contribution in [1.29, 1.82) is 0 Å². The van der Waals surface area contributed by atoms with Crippen LogP contribution in [0.5, 0.6) is 0 Å². The van der Waals surface area contributed by atoms with Gasteiger partial charge in [0, 0.05) is 12.8 Å². The van der Waals surface area contributed by atoms with Gasteiger partial charge in [-0.05, 0) is 44.9 Å². The second-order valence-corrected chi connectivity index (χ2v) is 18.4. The molecule has 4 nitrogen and oxygen atoms in total. The first-order valence-corrected chi connectivity index (χ1v) is 26.7. The quantitative estimate of drug-likeness (QED) is 0.0377. The Morgan fingerprint density at radius 1 is 0.328 bits per heavy atom. The molecule has 0 aromatic rings. The standard InChI is InChI=1S/C54H104O4/c1-2-3-4-5-6-7-8-9-29-33-36-39-42-45-48-51-54(57)58-52-49-46-43-40-37-34-31-28-26-24-22-20-18-16-14-12-10-11-13-15-17-19-21-23-25-27-30-32-35-38-41-44-47-50-53(55)56/h9,29H,2-8,10-28,30-52H2,1H3,(H,55,56)/b29-9-. The van der Waals surface area contributed by atoms with E-state index in [0.29, 0.717) is 19.4 Å². The summed E-state index contributed by atoms with van der Waals surface area (Å²) in [6.45, 7) is 2.90. The number of carboxylic acid groups (broad SMARTS) is 1. The fourth-order valence-electron chi connectivity index (χ4n) is 8.46. The summed E-state index contributed by atoms with van der Waals surface area (Å²) in [6, 6.07) is 0. The van der Waals surface area contributed by atoms with Gasteiger partial charge in [-0.3, -0.25) is 9.59 Å². The number of allylic oxidation sites excluding steroid dienone is 2. The molecular weight excluding hydrogens is 713 g/mol. The molecule has 0 aliphatic heterocycles. The third-order valence-electron chi connectivity index (χ3n) is 12.4. The number of carbonyl (C=O) groups excluding carboxylic acids is 1. The minimum absolute atomic E-state index is 0.0158. The number of hydrogen-bond acceptors (Lipinski definition) is 3. The normalized spacial score (nSPS) is 11.6. The average Bonchev–Trinajstić information content (AvgIpc) is 3.22. The molecule has 0 unspecified atom stereocenters. The highest BCUT2D eigenvalue weighted by molar-refractivity contribution is 5.69. The Labute approximate surface area is 364 Å². The number of aliphatic carboxylic acids is 1. The van der Waals surface area contributed by atoms with Crippen molar-refractivity contribution in [2.75, 3.05) is 6.61 Å². The van der Waals surface area contributed by atoms with Crippen LogP contribution in [0.3, 0.4) is 0 Å². The number of rotatable bonds is 51. The summed E-state index contributed by atoms with van der Waals surface area (Å²) in [5.74, 6) is -0.635. The molecule has 4 heteroatoms. The van der Waals surface area contributed by atoms with Crippen molar-refractivity contribution in [2.45, 2.75) is 315 Å². The first-order chi connectivity index (χ1) is 28.7. The lowest BCUT2D eigenvalue weighted by molar-refractivity contribution is -0.144. The zero-order valence-corrected chi connectivity index (χ0v) is 39.5. The van der Waals surface area contributed by atoms with Gasteiger partial charge in [0.25, 0.3) is 0 Å². The summed E-state index contributed by atoms with van der Waals surface area (Å²) in [5.41, 5.74) is 0. The largest absolute Gasteiger partial charge is 0.481 e. The maximum Gasteiger partial charge on any atom is 0.305 e. The van der Waals surface area contributed by atoms with Gasteiger partial charge in [0.2, 0.25) is 0 Å². The molecule has 0 aromatic heterocycles. The van der Waals surface area contributed by atoms with Crippen LogP contribution < -0.4 is 0 Å². The van der Waals surface area contributed by atoms with Gasteiger partial charge < -0.3 is 9.84 Å². The second-order valence-electron chi connectivity index (χ2n) is 18.4. The van der Waals surface area contributed by atoms with E-state index in [9.17, 15) is 9.59 Å². The Balaban J connectivity index is 3.15. The second kappa shape index (κ2) is 51.8. The minimum Gasteiger partial charge on any atom is -0.481 e. The molecule has 0 radical (unpaired) electrons. The van der Waals surface area contributed by atoms with Crippen LogP contribution in [0.4, 0.5) is 0 Å². The van der Waals surface area contributed by atoms with Crippen molar-refractivity contribution in [3.63, 3.8) is 0 Å². The maximum absolute atomic E-state index is 12.0. The van der Waals surface area contributed by atoms with Crippen LogP contribution >= 0.6 is 0 Å². The fraction of sp³-hybridized carbons (Fsp3) is 0.926. The highest BCUT2D eigenvalue weighted by atomic mass is 16.5. The van der Waals surface area contributed by atoms with Crippen molar-refractivity contribution in [1.82, 2.24) is 0 Å². The van der Waals surface area contributed by atoms with Crippen molar-refractivity contribution in [3.8, 4) is 0 Å². The van der Waals surface area contributed by atoms with Crippen LogP contribution in [0, 0.1) is 0 Å². The van der Waals surface area contributed by atoms with Crippen LogP contribution in [0.2, 0.25) is 0 Å². The van der Waals surface area contributed by atoms with E-state index in [2.05, 4.69) is 19.1 Å². The Bertz CT molecular complexity index is 822. The molecule has 0 saturated heterocycles. The predicted molar refractivity (Wildman–Crippen MR) is 255 cm³/mol. The third-order valence-corrected chi connectivity index (χ3v) is 12.4. The monoisotopic (exact) mass is 817 g/mol. The van der Waals surface area contributed by atoms with Crippen molar-refractivity contribution < 1.29 is 19.4 Å². The Hall–Kier alpha value is -1.32. The molecule has 0 amide bonds. The molecule has 0 heterocycles. The first kappa shape index (κ1) is 56.7. The number of carbonyl (C=O) groups is 2. The van der Waals surface area contributed by atoms with E-state index < -0.39 is 5.97 Å². The van der Waals surface area contributed by atoms with E-state index in [4.69, 9.17) is 9.84 Å². The Kier molecular flexibility index (Phi) is 50.6. The topological polar surface area (TPSA) is 63.6 Å². The summed E-state index contributed by atoms with van der Waals surface area (Å²) < 4.78 is 5.48. The van der Waals surface area contributed by atoms with Gasteiger partial charge >= 0.3 is 11.9 Å². The number of carboxylic acids is 1. The van der Waals surface area contributed by atoms with Crippen molar-refractivity contribution in [2.24, 2.45) is 0 Å². The van der Waals surface area contributed by atoms with Crippen LogP contribution in [-0.4, -0.2) is 23.7 Å². The van der Waals surface area contributed by atoms with Gasteiger partial charge in [0.15, 0.2) is 0 Å². The summed E-state index contributed by atoms with van der Waals surface area (Å²) in [5, 5.41) is 8.67. The molecule has 58 heavy (non-hydrogen) atoms. The van der Waals surface area contributed by atoms with E-state index >= 15 is 0 Å². The highest BCUT2D eigenvalue weighted by Gasteiger charge is 2.03. The lowest BCUT2D eigenvalue weighted by Crippen LogP contribution is -2.05. The summed E-state index contributed by atoms with van der Waals surface area (Å²) in [6.07, 6.45) is 67.4. The van der Waals surface area contributed by atoms with E-state index in [1.54, 1.807) is 0 Å². The van der Waals surface area contributed by atoms with E-state index in [1.807, 2.05) is 0 Å². The predicted octanol–water partition coefficient (Wildman–Crippen LogP) is 18.9. The van der Waals surface area contributed by atoms with E-state index in [0.717, 1.165) is 32.1 Å². The molecular formula is C54H104O4. The number of unbranched alkanes of at least 4 members (excludes halogenated alkanes) is 43. The lowest BCUT2D eigenvalue weighted by Gasteiger charge is -2.06. The molecule has 0 spiro atoms. The average molecular weight is 817 g/mol. The zero-order chi connectivity index (χ0) is 41.9. The first-order valence-electron chi connectivity index (χ1n) is 26.7. The Morgan fingerprint density at radius 3 is 0.862 bits per heavy atom. The molecule has 0 bridgehead atoms. The lowest BCUT2D eigenvalue weighted by atomic mass is 10.0. The number of esters is 1. The summed E-state index contributed by atoms with van der Waals surface area (Å²) in [4.78, 5) is 22.5. The van der Waals surface area contributed by atoms with Crippen LogP contribution in [-0.2, 0) is 14.3 Å². The van der Waals surface area contributed by atoms with E-state index in [1.165, 1.54) is 263 Å². The van der Waals surface area contributed by atoms with Gasteiger partial charge in [-0.1, -0.05) is 269 Å². The summed E-state index contributed by atoms with van der Waals surface area (Å²) in [7, 11) is 0. The van der Waals surface area contributed by atoms with Gasteiger partial charge in [0.1, 0.15) is 0 Å². The van der Waals surface area contributed by atoms with Crippen LogP contribution in [0.1, 0.15) is 315 Å². The zero-order valence-electron chi connectivity index (χ0n) is 39.5. The molecule has 0 fully saturated rings. The van der Waals surface area contributed by atoms with Gasteiger partial charge in [-0.25, -0.2) is 0 Å². The number of ether oxygens (including phenoxy) is 1. The van der Waals surface area contributed by atoms with Gasteiger partial charge in [0.05, 0.1) is 6.61 Å². The Morgan fingerprint density at radius 2 is 0.569 bits per heavy atom. The van der Waals surface area contributed by atoms with Gasteiger partial charge in [-0.15, -0.1) is 0 Å². The third kappa shape index (κ3) is 52.7. The SMILES string of the molecule is CCCCCCCC/C=C\CCCCCCCC(=O)OCCCCCCCCCCCCCCCCCCCCCCCCCCCCCCCCCCCC(=O)O.